The Balaban J connectivity index is 2.92. The van der Waals surface area contributed by atoms with Gasteiger partial charge in [0.25, 0.3) is 0 Å². The molecule has 1 aromatic carbocycles. The van der Waals surface area contributed by atoms with Crippen molar-refractivity contribution in [1.82, 2.24) is 0 Å². The van der Waals surface area contributed by atoms with Crippen LogP contribution in [-0.4, -0.2) is 34.4 Å². The highest BCUT2D eigenvalue weighted by Crippen LogP contribution is 2.31. The zero-order valence-corrected chi connectivity index (χ0v) is 9.05. The highest BCUT2D eigenvalue weighted by atomic mass is 19.4. The molecular weight excluding hydrogens is 255 g/mol. The molecule has 0 heterocycles. The molecule has 0 amide bonds. The molecule has 5 N–H and O–H groups in total. The Labute approximate surface area is 100 Å². The Bertz CT molecular complexity index is 411. The fourth-order valence-corrected chi connectivity index (χ4v) is 1.29. The predicted molar refractivity (Wildman–Crippen MR) is 55.6 cm³/mol. The lowest BCUT2D eigenvalue weighted by Gasteiger charge is -2.17. The Hall–Kier alpha value is -1.51. The van der Waals surface area contributed by atoms with Crippen LogP contribution >= 0.6 is 0 Å². The van der Waals surface area contributed by atoms with Gasteiger partial charge in [-0.15, -0.1) is 13.2 Å². The number of aliphatic hydroxyl groups excluding tert-OH is 3. The SMILES string of the molecule is Nc1cc(C(O)C(O)CO)ccc1OC(F)(F)F. The van der Waals surface area contributed by atoms with Gasteiger partial charge in [0.15, 0.2) is 5.75 Å². The Morgan fingerprint density at radius 1 is 1.28 bits per heavy atom. The van der Waals surface area contributed by atoms with Crippen LogP contribution in [0, 0.1) is 0 Å². The third kappa shape index (κ3) is 3.76. The van der Waals surface area contributed by atoms with Gasteiger partial charge < -0.3 is 25.8 Å². The van der Waals surface area contributed by atoms with Gasteiger partial charge >= 0.3 is 6.36 Å². The number of hydrogen-bond acceptors (Lipinski definition) is 5. The van der Waals surface area contributed by atoms with E-state index >= 15 is 0 Å². The number of halogens is 3. The minimum Gasteiger partial charge on any atom is -0.404 e. The van der Waals surface area contributed by atoms with E-state index in [1.807, 2.05) is 0 Å². The van der Waals surface area contributed by atoms with Crippen molar-refractivity contribution >= 4 is 5.69 Å². The summed E-state index contributed by atoms with van der Waals surface area (Å²) in [5.74, 6) is -0.600. The molecule has 18 heavy (non-hydrogen) atoms. The van der Waals surface area contributed by atoms with E-state index < -0.39 is 30.9 Å². The summed E-state index contributed by atoms with van der Waals surface area (Å²) < 4.78 is 39.5. The summed E-state index contributed by atoms with van der Waals surface area (Å²) in [6.07, 6.45) is -7.75. The fraction of sp³-hybridized carbons (Fsp3) is 0.400. The molecule has 0 spiro atoms. The van der Waals surface area contributed by atoms with Gasteiger partial charge in [-0.2, -0.15) is 0 Å². The van der Waals surface area contributed by atoms with E-state index in [-0.39, 0.29) is 11.3 Å². The third-order valence-electron chi connectivity index (χ3n) is 2.15. The maximum absolute atomic E-state index is 12.0. The number of hydrogen-bond donors (Lipinski definition) is 4. The van der Waals surface area contributed by atoms with Crippen molar-refractivity contribution in [2.24, 2.45) is 0 Å². The molecule has 0 aliphatic heterocycles. The van der Waals surface area contributed by atoms with Crippen LogP contribution < -0.4 is 10.5 Å². The van der Waals surface area contributed by atoms with Gasteiger partial charge in [0, 0.05) is 0 Å². The molecule has 0 aliphatic carbocycles. The number of rotatable bonds is 4. The van der Waals surface area contributed by atoms with E-state index in [0.29, 0.717) is 0 Å². The monoisotopic (exact) mass is 267 g/mol. The highest BCUT2D eigenvalue weighted by molar-refractivity contribution is 5.54. The van der Waals surface area contributed by atoms with Gasteiger partial charge in [0.05, 0.1) is 12.3 Å². The summed E-state index contributed by atoms with van der Waals surface area (Å²) in [5.41, 5.74) is 5.06. The zero-order chi connectivity index (χ0) is 13.9. The molecule has 8 heteroatoms. The van der Waals surface area contributed by atoms with Crippen molar-refractivity contribution < 1.29 is 33.2 Å². The second-order valence-corrected chi connectivity index (χ2v) is 3.54. The van der Waals surface area contributed by atoms with Crippen LogP contribution in [0.15, 0.2) is 18.2 Å². The standard InChI is InChI=1S/C10H12F3NO4/c11-10(12,13)18-8-2-1-5(3-6(8)14)9(17)7(16)4-15/h1-3,7,9,15-17H,4,14H2. The molecular formula is C10H12F3NO4. The van der Waals surface area contributed by atoms with E-state index in [1.54, 1.807) is 0 Å². The minimum absolute atomic E-state index is 0.0728. The van der Waals surface area contributed by atoms with Gasteiger partial charge in [0.2, 0.25) is 0 Å². The Morgan fingerprint density at radius 2 is 1.89 bits per heavy atom. The molecule has 0 saturated carbocycles. The zero-order valence-electron chi connectivity index (χ0n) is 9.05. The molecule has 1 aromatic rings. The average Bonchev–Trinajstić information content (AvgIpc) is 2.28. The van der Waals surface area contributed by atoms with Crippen LogP contribution in [-0.2, 0) is 0 Å². The summed E-state index contributed by atoms with van der Waals surface area (Å²) in [7, 11) is 0. The number of benzene rings is 1. The van der Waals surface area contributed by atoms with Crippen molar-refractivity contribution in [1.29, 1.82) is 0 Å². The van der Waals surface area contributed by atoms with E-state index in [9.17, 15) is 23.4 Å². The van der Waals surface area contributed by atoms with Gasteiger partial charge in [-0.25, -0.2) is 0 Å². The average molecular weight is 267 g/mol. The smallest absolute Gasteiger partial charge is 0.404 e. The van der Waals surface area contributed by atoms with E-state index in [0.717, 1.165) is 18.2 Å². The van der Waals surface area contributed by atoms with E-state index in [1.165, 1.54) is 0 Å². The molecule has 1 rings (SSSR count). The molecule has 0 radical (unpaired) electrons. The maximum Gasteiger partial charge on any atom is 0.573 e. The lowest BCUT2D eigenvalue weighted by Crippen LogP contribution is -2.22. The fourth-order valence-electron chi connectivity index (χ4n) is 1.29. The first kappa shape index (κ1) is 14.6. The van der Waals surface area contributed by atoms with Crippen LogP contribution in [0.3, 0.4) is 0 Å². The topological polar surface area (TPSA) is 95.9 Å². The molecule has 102 valence electrons. The van der Waals surface area contributed by atoms with Crippen molar-refractivity contribution in [3.8, 4) is 5.75 Å². The number of ether oxygens (including phenoxy) is 1. The van der Waals surface area contributed by atoms with E-state index in [4.69, 9.17) is 10.8 Å². The van der Waals surface area contributed by atoms with Crippen molar-refractivity contribution in [2.45, 2.75) is 18.6 Å². The molecule has 5 nitrogen and oxygen atoms in total. The molecule has 0 saturated heterocycles. The normalized spacial score (nSPS) is 15.2. The summed E-state index contributed by atoms with van der Waals surface area (Å²) >= 11 is 0. The van der Waals surface area contributed by atoms with Gasteiger partial charge in [0.1, 0.15) is 12.2 Å². The lowest BCUT2D eigenvalue weighted by molar-refractivity contribution is -0.274. The lowest BCUT2D eigenvalue weighted by atomic mass is 10.0. The van der Waals surface area contributed by atoms with E-state index in [2.05, 4.69) is 4.74 Å². The van der Waals surface area contributed by atoms with Crippen LogP contribution in [0.1, 0.15) is 11.7 Å². The summed E-state index contributed by atoms with van der Waals surface area (Å²) in [6, 6.07) is 3.07. The summed E-state index contributed by atoms with van der Waals surface area (Å²) in [4.78, 5) is 0. The van der Waals surface area contributed by atoms with Gasteiger partial charge in [-0.3, -0.25) is 0 Å². The highest BCUT2D eigenvalue weighted by Gasteiger charge is 2.32. The molecule has 0 aliphatic rings. The number of nitrogen functional groups attached to an aromatic ring is 1. The molecule has 0 aromatic heterocycles. The van der Waals surface area contributed by atoms with Gasteiger partial charge in [-0.05, 0) is 17.7 Å². The first-order valence-corrected chi connectivity index (χ1v) is 4.86. The van der Waals surface area contributed by atoms with Gasteiger partial charge in [-0.1, -0.05) is 6.07 Å². The number of aliphatic hydroxyl groups is 3. The Morgan fingerprint density at radius 3 is 2.33 bits per heavy atom. The molecule has 2 atom stereocenters. The number of alkyl halides is 3. The molecule has 0 fully saturated rings. The quantitative estimate of drug-likeness (QED) is 0.598. The Kier molecular flexibility index (Phi) is 4.38. The molecule has 0 bridgehead atoms. The first-order valence-electron chi connectivity index (χ1n) is 4.86. The maximum atomic E-state index is 12.0. The number of anilines is 1. The predicted octanol–water partition coefficient (Wildman–Crippen LogP) is 0.554. The third-order valence-corrected chi connectivity index (χ3v) is 2.15. The molecule has 2 unspecified atom stereocenters. The van der Waals surface area contributed by atoms with Crippen molar-refractivity contribution in [3.63, 3.8) is 0 Å². The van der Waals surface area contributed by atoms with Crippen molar-refractivity contribution in [2.75, 3.05) is 12.3 Å². The second kappa shape index (κ2) is 5.42. The largest absolute Gasteiger partial charge is 0.573 e. The number of nitrogens with two attached hydrogens (primary N) is 1. The second-order valence-electron chi connectivity index (χ2n) is 3.54. The van der Waals surface area contributed by atoms with Crippen LogP contribution in [0.25, 0.3) is 0 Å². The van der Waals surface area contributed by atoms with Crippen LogP contribution in [0.5, 0.6) is 5.75 Å². The van der Waals surface area contributed by atoms with Crippen LogP contribution in [0.4, 0.5) is 18.9 Å². The van der Waals surface area contributed by atoms with Crippen molar-refractivity contribution in [3.05, 3.63) is 23.8 Å². The first-order chi connectivity index (χ1) is 8.24. The minimum atomic E-state index is -4.86. The summed E-state index contributed by atoms with van der Waals surface area (Å²) in [6.45, 7) is -0.693. The summed E-state index contributed by atoms with van der Waals surface area (Å²) in [5, 5.41) is 27.3. The van der Waals surface area contributed by atoms with Crippen LogP contribution in [0.2, 0.25) is 0 Å².